The second kappa shape index (κ2) is 6.75. The molecule has 1 saturated heterocycles. The van der Waals surface area contributed by atoms with E-state index in [9.17, 15) is 4.79 Å². The maximum atomic E-state index is 12.8. The standard InChI is InChI=1S/C17H22N4O/c1-18-10-14-6-5-9-20(12-14)17(22)16-11-19-13-21(16)15-7-3-2-4-8-15/h2-4,7-8,11,13-14,18H,5-6,9-10,12H2,1H3/t14-/m0/s1. The fourth-order valence-corrected chi connectivity index (χ4v) is 3.11. The molecule has 0 saturated carbocycles. The molecule has 0 spiro atoms. The largest absolute Gasteiger partial charge is 0.337 e. The molecule has 1 fully saturated rings. The lowest BCUT2D eigenvalue weighted by Gasteiger charge is -2.32. The predicted octanol–water partition coefficient (Wildman–Crippen LogP) is 1.94. The van der Waals surface area contributed by atoms with Crippen molar-refractivity contribution in [2.75, 3.05) is 26.7 Å². The summed E-state index contributed by atoms with van der Waals surface area (Å²) >= 11 is 0. The minimum atomic E-state index is 0.0714. The van der Waals surface area contributed by atoms with Crippen LogP contribution in [0.2, 0.25) is 0 Å². The molecule has 116 valence electrons. The molecule has 22 heavy (non-hydrogen) atoms. The summed E-state index contributed by atoms with van der Waals surface area (Å²) in [6.45, 7) is 2.61. The van der Waals surface area contributed by atoms with E-state index in [4.69, 9.17) is 0 Å². The van der Waals surface area contributed by atoms with E-state index in [1.54, 1.807) is 12.5 Å². The number of carbonyl (C=O) groups excluding carboxylic acids is 1. The van der Waals surface area contributed by atoms with Crippen molar-refractivity contribution in [2.24, 2.45) is 5.92 Å². The second-order valence-electron chi connectivity index (χ2n) is 5.80. The first-order chi connectivity index (χ1) is 10.8. The van der Waals surface area contributed by atoms with Gasteiger partial charge in [0.1, 0.15) is 5.69 Å². The number of likely N-dealkylation sites (tertiary alicyclic amines) is 1. The van der Waals surface area contributed by atoms with Crippen molar-refractivity contribution < 1.29 is 4.79 Å². The molecule has 5 nitrogen and oxygen atoms in total. The van der Waals surface area contributed by atoms with E-state index in [0.717, 1.165) is 31.7 Å². The lowest BCUT2D eigenvalue weighted by atomic mass is 9.98. The van der Waals surface area contributed by atoms with Crippen LogP contribution in [-0.2, 0) is 0 Å². The Morgan fingerprint density at radius 1 is 1.36 bits per heavy atom. The van der Waals surface area contributed by atoms with Gasteiger partial charge in [0.05, 0.1) is 12.5 Å². The first-order valence-electron chi connectivity index (χ1n) is 7.81. The van der Waals surface area contributed by atoms with Crippen LogP contribution in [0.5, 0.6) is 0 Å². The van der Waals surface area contributed by atoms with Crippen LogP contribution in [0.15, 0.2) is 42.9 Å². The van der Waals surface area contributed by atoms with Gasteiger partial charge in [-0.3, -0.25) is 9.36 Å². The highest BCUT2D eigenvalue weighted by Crippen LogP contribution is 2.19. The van der Waals surface area contributed by atoms with Crippen molar-refractivity contribution in [1.82, 2.24) is 19.8 Å². The number of rotatable bonds is 4. The SMILES string of the molecule is CNC[C@@H]1CCCN(C(=O)c2cncn2-c2ccccc2)C1. The number of aromatic nitrogens is 2. The average molecular weight is 298 g/mol. The molecular weight excluding hydrogens is 276 g/mol. The van der Waals surface area contributed by atoms with E-state index < -0.39 is 0 Å². The molecule has 0 unspecified atom stereocenters. The Morgan fingerprint density at radius 2 is 2.18 bits per heavy atom. The molecule has 0 bridgehead atoms. The molecule has 1 aromatic carbocycles. The molecule has 1 aliphatic heterocycles. The molecular formula is C17H22N4O. The van der Waals surface area contributed by atoms with Gasteiger partial charge in [0, 0.05) is 18.8 Å². The molecule has 1 aliphatic rings. The van der Waals surface area contributed by atoms with Crippen molar-refractivity contribution in [1.29, 1.82) is 0 Å². The third-order valence-electron chi connectivity index (χ3n) is 4.19. The highest BCUT2D eigenvalue weighted by molar-refractivity contribution is 5.93. The fraction of sp³-hybridized carbons (Fsp3) is 0.412. The normalized spacial score (nSPS) is 18.4. The second-order valence-corrected chi connectivity index (χ2v) is 5.80. The summed E-state index contributed by atoms with van der Waals surface area (Å²) in [5.74, 6) is 0.609. The molecule has 2 aromatic rings. The van der Waals surface area contributed by atoms with Crippen LogP contribution in [0.25, 0.3) is 5.69 Å². The summed E-state index contributed by atoms with van der Waals surface area (Å²) in [6.07, 6.45) is 5.62. The Morgan fingerprint density at radius 3 is 2.95 bits per heavy atom. The molecule has 2 heterocycles. The lowest BCUT2D eigenvalue weighted by Crippen LogP contribution is -2.43. The summed E-state index contributed by atoms with van der Waals surface area (Å²) in [7, 11) is 1.96. The summed E-state index contributed by atoms with van der Waals surface area (Å²) in [4.78, 5) is 19.0. The average Bonchev–Trinajstić information content (AvgIpc) is 3.05. The number of piperidine rings is 1. The van der Waals surface area contributed by atoms with Gasteiger partial charge in [-0.25, -0.2) is 4.98 Å². The smallest absolute Gasteiger partial charge is 0.272 e. The van der Waals surface area contributed by atoms with Crippen LogP contribution < -0.4 is 5.32 Å². The maximum absolute atomic E-state index is 12.8. The van der Waals surface area contributed by atoms with Gasteiger partial charge in [-0.05, 0) is 44.5 Å². The number of para-hydroxylation sites is 1. The van der Waals surface area contributed by atoms with E-state index in [1.165, 1.54) is 6.42 Å². The van der Waals surface area contributed by atoms with E-state index >= 15 is 0 Å². The van der Waals surface area contributed by atoms with Crippen molar-refractivity contribution in [3.05, 3.63) is 48.5 Å². The molecule has 0 radical (unpaired) electrons. The minimum Gasteiger partial charge on any atom is -0.337 e. The molecule has 3 rings (SSSR count). The van der Waals surface area contributed by atoms with E-state index in [1.807, 2.05) is 46.8 Å². The minimum absolute atomic E-state index is 0.0714. The summed E-state index contributed by atoms with van der Waals surface area (Å²) in [5, 5.41) is 3.21. The van der Waals surface area contributed by atoms with Crippen molar-refractivity contribution in [3.63, 3.8) is 0 Å². The van der Waals surface area contributed by atoms with Gasteiger partial charge in [0.25, 0.3) is 5.91 Å². The van der Waals surface area contributed by atoms with Gasteiger partial charge >= 0.3 is 0 Å². The van der Waals surface area contributed by atoms with Gasteiger partial charge < -0.3 is 10.2 Å². The Balaban J connectivity index is 1.80. The van der Waals surface area contributed by atoms with E-state index in [0.29, 0.717) is 11.6 Å². The number of carbonyl (C=O) groups is 1. The van der Waals surface area contributed by atoms with Gasteiger partial charge in [0.15, 0.2) is 0 Å². The van der Waals surface area contributed by atoms with Crippen molar-refractivity contribution in [3.8, 4) is 5.69 Å². The third-order valence-corrected chi connectivity index (χ3v) is 4.19. The Bertz CT molecular complexity index is 621. The van der Waals surface area contributed by atoms with Crippen LogP contribution in [0.3, 0.4) is 0 Å². The Labute approximate surface area is 131 Å². The lowest BCUT2D eigenvalue weighted by molar-refractivity contribution is 0.0666. The molecule has 0 aliphatic carbocycles. The summed E-state index contributed by atoms with van der Waals surface area (Å²) in [6, 6.07) is 9.87. The van der Waals surface area contributed by atoms with Crippen LogP contribution in [0, 0.1) is 5.92 Å². The Kier molecular flexibility index (Phi) is 4.53. The zero-order valence-electron chi connectivity index (χ0n) is 12.9. The van der Waals surface area contributed by atoms with Crippen LogP contribution in [0.4, 0.5) is 0 Å². The Hall–Kier alpha value is -2.14. The third kappa shape index (κ3) is 3.04. The zero-order chi connectivity index (χ0) is 15.4. The van der Waals surface area contributed by atoms with E-state index in [2.05, 4.69) is 10.3 Å². The van der Waals surface area contributed by atoms with Crippen molar-refractivity contribution in [2.45, 2.75) is 12.8 Å². The molecule has 1 N–H and O–H groups in total. The number of hydrogen-bond acceptors (Lipinski definition) is 3. The number of nitrogens with one attached hydrogen (secondary N) is 1. The van der Waals surface area contributed by atoms with Gasteiger partial charge in [-0.1, -0.05) is 18.2 Å². The summed E-state index contributed by atoms with van der Waals surface area (Å²) < 4.78 is 1.87. The number of hydrogen-bond donors (Lipinski definition) is 1. The topological polar surface area (TPSA) is 50.2 Å². The first kappa shape index (κ1) is 14.8. The maximum Gasteiger partial charge on any atom is 0.272 e. The number of amides is 1. The van der Waals surface area contributed by atoms with Crippen molar-refractivity contribution >= 4 is 5.91 Å². The van der Waals surface area contributed by atoms with E-state index in [-0.39, 0.29) is 5.91 Å². The first-order valence-corrected chi connectivity index (χ1v) is 7.81. The van der Waals surface area contributed by atoms with Gasteiger partial charge in [-0.15, -0.1) is 0 Å². The molecule has 1 aromatic heterocycles. The number of benzene rings is 1. The molecule has 1 atom stereocenters. The zero-order valence-corrected chi connectivity index (χ0v) is 12.9. The van der Waals surface area contributed by atoms with Gasteiger partial charge in [0.2, 0.25) is 0 Å². The monoisotopic (exact) mass is 298 g/mol. The fourth-order valence-electron chi connectivity index (χ4n) is 3.11. The quantitative estimate of drug-likeness (QED) is 0.938. The van der Waals surface area contributed by atoms with Crippen LogP contribution in [0.1, 0.15) is 23.3 Å². The number of imidazole rings is 1. The summed E-state index contributed by atoms with van der Waals surface area (Å²) in [5.41, 5.74) is 1.60. The highest BCUT2D eigenvalue weighted by Gasteiger charge is 2.26. The van der Waals surface area contributed by atoms with Crippen LogP contribution >= 0.6 is 0 Å². The van der Waals surface area contributed by atoms with Gasteiger partial charge in [-0.2, -0.15) is 0 Å². The predicted molar refractivity (Wildman–Crippen MR) is 86.1 cm³/mol. The molecule has 1 amide bonds. The van der Waals surface area contributed by atoms with Crippen LogP contribution in [-0.4, -0.2) is 47.0 Å². The highest BCUT2D eigenvalue weighted by atomic mass is 16.2. The molecule has 5 heteroatoms. The number of nitrogens with zero attached hydrogens (tertiary/aromatic N) is 3.